The summed E-state index contributed by atoms with van der Waals surface area (Å²) in [6.45, 7) is 7.00. The zero-order chi connectivity index (χ0) is 26.3. The number of carbonyl (C=O) groups excluding carboxylic acids is 2. The number of nitriles is 1. The zero-order valence-corrected chi connectivity index (χ0v) is 21.6. The number of anilines is 2. The van der Waals surface area contributed by atoms with E-state index in [0.717, 1.165) is 11.1 Å². The Hall–Kier alpha value is -3.90. The van der Waals surface area contributed by atoms with Gasteiger partial charge in [0.1, 0.15) is 23.1 Å². The Morgan fingerprint density at radius 3 is 2.44 bits per heavy atom. The monoisotopic (exact) mass is 503 g/mol. The van der Waals surface area contributed by atoms with Crippen LogP contribution >= 0.6 is 11.8 Å². The maximum absolute atomic E-state index is 12.0. The lowest BCUT2D eigenvalue weighted by molar-refractivity contribution is -0.154. The first-order valence-electron chi connectivity index (χ1n) is 11.4. The lowest BCUT2D eigenvalue weighted by Gasteiger charge is -2.19. The predicted octanol–water partition coefficient (Wildman–Crippen LogP) is 5.12. The fourth-order valence-corrected chi connectivity index (χ4v) is 4.21. The number of carbonyl (C=O) groups is 2. The number of nitrogens with zero attached hydrogens (tertiary/aromatic N) is 3. The van der Waals surface area contributed by atoms with Crippen LogP contribution in [0.2, 0.25) is 0 Å². The van der Waals surface area contributed by atoms with Crippen LogP contribution in [0, 0.1) is 11.3 Å². The molecule has 8 nitrogen and oxygen atoms in total. The molecular formula is C27H29N5O3S. The van der Waals surface area contributed by atoms with E-state index in [1.807, 2.05) is 45.0 Å². The second-order valence-corrected chi connectivity index (χ2v) is 10.1. The maximum atomic E-state index is 12.0. The van der Waals surface area contributed by atoms with E-state index in [0.29, 0.717) is 40.7 Å². The molecule has 3 N–H and O–H groups in total. The Morgan fingerprint density at radius 2 is 1.81 bits per heavy atom. The summed E-state index contributed by atoms with van der Waals surface area (Å²) in [4.78, 5) is 32.2. The number of thioether (sulfide) groups is 1. The van der Waals surface area contributed by atoms with Gasteiger partial charge in [-0.25, -0.2) is 9.97 Å². The third-order valence-electron chi connectivity index (χ3n) is 4.90. The first-order chi connectivity index (χ1) is 17.0. The first-order valence-corrected chi connectivity index (χ1v) is 12.4. The number of hydrogen-bond acceptors (Lipinski definition) is 8. The normalized spacial score (nSPS) is 11.0. The van der Waals surface area contributed by atoms with Crippen molar-refractivity contribution in [2.24, 2.45) is 0 Å². The summed E-state index contributed by atoms with van der Waals surface area (Å²) in [6.07, 6.45) is 0.902. The van der Waals surface area contributed by atoms with E-state index in [4.69, 9.17) is 10.5 Å². The lowest BCUT2D eigenvalue weighted by atomic mass is 10.1. The minimum absolute atomic E-state index is 0.113. The molecule has 9 heteroatoms. The van der Waals surface area contributed by atoms with Crippen LogP contribution in [0.3, 0.4) is 0 Å². The van der Waals surface area contributed by atoms with Gasteiger partial charge >= 0.3 is 5.97 Å². The maximum Gasteiger partial charge on any atom is 0.306 e. The number of nitrogens with one attached hydrogen (secondary N) is 1. The van der Waals surface area contributed by atoms with E-state index in [-0.39, 0.29) is 23.3 Å². The van der Waals surface area contributed by atoms with Crippen molar-refractivity contribution in [3.05, 3.63) is 65.2 Å². The molecule has 0 aliphatic carbocycles. The van der Waals surface area contributed by atoms with E-state index in [2.05, 4.69) is 21.4 Å². The molecule has 1 heterocycles. The molecule has 0 radical (unpaired) electrons. The minimum Gasteiger partial charge on any atom is -0.460 e. The summed E-state index contributed by atoms with van der Waals surface area (Å²) in [5.74, 6) is 0.315. The Bertz CT molecular complexity index is 1290. The van der Waals surface area contributed by atoms with Crippen molar-refractivity contribution in [1.82, 2.24) is 9.97 Å². The molecule has 186 valence electrons. The van der Waals surface area contributed by atoms with Crippen LogP contribution in [0.5, 0.6) is 0 Å². The highest BCUT2D eigenvalue weighted by molar-refractivity contribution is 7.98. The Kier molecular flexibility index (Phi) is 8.67. The summed E-state index contributed by atoms with van der Waals surface area (Å²) in [5.41, 5.74) is 9.66. The molecule has 3 aromatic rings. The third kappa shape index (κ3) is 7.82. The highest BCUT2D eigenvalue weighted by Gasteiger charge is 2.17. The molecule has 2 aromatic carbocycles. The average molecular weight is 504 g/mol. The van der Waals surface area contributed by atoms with E-state index in [1.165, 1.54) is 18.7 Å². The van der Waals surface area contributed by atoms with Crippen molar-refractivity contribution in [3.63, 3.8) is 0 Å². The fraction of sp³-hybridized carbons (Fsp3) is 0.296. The zero-order valence-electron chi connectivity index (χ0n) is 20.8. The molecule has 0 spiro atoms. The number of hydrogen-bond donors (Lipinski definition) is 2. The molecular weight excluding hydrogens is 474 g/mol. The summed E-state index contributed by atoms with van der Waals surface area (Å²) < 4.78 is 5.38. The van der Waals surface area contributed by atoms with Gasteiger partial charge in [-0.15, -0.1) is 0 Å². The number of benzene rings is 2. The second kappa shape index (κ2) is 11.7. The van der Waals surface area contributed by atoms with Crippen LogP contribution in [0.25, 0.3) is 11.3 Å². The quantitative estimate of drug-likeness (QED) is 0.246. The number of nitrogens with two attached hydrogens (primary N) is 1. The Balaban J connectivity index is 1.72. The minimum atomic E-state index is -0.495. The number of rotatable bonds is 8. The highest BCUT2D eigenvalue weighted by atomic mass is 32.2. The summed E-state index contributed by atoms with van der Waals surface area (Å²) in [6, 6.07) is 17.1. The first kappa shape index (κ1) is 26.7. The number of aromatic nitrogens is 2. The number of amides is 1. The van der Waals surface area contributed by atoms with Crippen molar-refractivity contribution in [3.8, 4) is 17.3 Å². The number of ether oxygens (including phenoxy) is 1. The Labute approximate surface area is 215 Å². The van der Waals surface area contributed by atoms with Crippen LogP contribution in [0.15, 0.2) is 53.7 Å². The van der Waals surface area contributed by atoms with Gasteiger partial charge in [-0.3, -0.25) is 9.59 Å². The second-order valence-electron chi connectivity index (χ2n) is 9.18. The number of esters is 1. The fourth-order valence-electron chi connectivity index (χ4n) is 3.42. The summed E-state index contributed by atoms with van der Waals surface area (Å²) in [5, 5.41) is 12.8. The third-order valence-corrected chi connectivity index (χ3v) is 5.82. The van der Waals surface area contributed by atoms with E-state index in [1.54, 1.807) is 24.3 Å². The van der Waals surface area contributed by atoms with Gasteiger partial charge in [0.2, 0.25) is 5.91 Å². The van der Waals surface area contributed by atoms with Gasteiger partial charge in [-0.2, -0.15) is 5.26 Å². The van der Waals surface area contributed by atoms with Crippen molar-refractivity contribution in [2.75, 3.05) is 11.1 Å². The predicted molar refractivity (Wildman–Crippen MR) is 141 cm³/mol. The van der Waals surface area contributed by atoms with Crippen LogP contribution in [-0.2, 0) is 26.5 Å². The molecule has 0 atom stereocenters. The molecule has 3 rings (SSSR count). The number of aryl methyl sites for hydroxylation is 1. The summed E-state index contributed by atoms with van der Waals surface area (Å²) >= 11 is 1.41. The van der Waals surface area contributed by atoms with E-state index in [9.17, 15) is 14.9 Å². The summed E-state index contributed by atoms with van der Waals surface area (Å²) in [7, 11) is 0. The van der Waals surface area contributed by atoms with Crippen molar-refractivity contribution < 1.29 is 14.3 Å². The van der Waals surface area contributed by atoms with Gasteiger partial charge in [-0.05, 0) is 50.5 Å². The van der Waals surface area contributed by atoms with Gasteiger partial charge in [0.05, 0.1) is 5.69 Å². The van der Waals surface area contributed by atoms with Crippen molar-refractivity contribution in [1.29, 1.82) is 5.26 Å². The molecule has 1 aromatic heterocycles. The van der Waals surface area contributed by atoms with Crippen LogP contribution in [0.4, 0.5) is 11.5 Å². The lowest BCUT2D eigenvalue weighted by Crippen LogP contribution is -2.24. The smallest absolute Gasteiger partial charge is 0.306 e. The highest BCUT2D eigenvalue weighted by Crippen LogP contribution is 2.30. The van der Waals surface area contributed by atoms with Gasteiger partial charge in [-0.1, -0.05) is 48.2 Å². The van der Waals surface area contributed by atoms with Gasteiger partial charge < -0.3 is 15.8 Å². The molecule has 0 saturated carbocycles. The average Bonchev–Trinajstić information content (AvgIpc) is 2.80. The Morgan fingerprint density at radius 1 is 1.11 bits per heavy atom. The van der Waals surface area contributed by atoms with E-state index >= 15 is 0 Å². The molecule has 0 bridgehead atoms. The largest absolute Gasteiger partial charge is 0.460 e. The van der Waals surface area contributed by atoms with Gasteiger partial charge in [0, 0.05) is 30.3 Å². The molecule has 36 heavy (non-hydrogen) atoms. The number of nitrogen functional groups attached to an aromatic ring is 1. The van der Waals surface area contributed by atoms with Gasteiger partial charge in [0.15, 0.2) is 5.16 Å². The van der Waals surface area contributed by atoms with Gasteiger partial charge in [0.25, 0.3) is 0 Å². The molecule has 0 fully saturated rings. The van der Waals surface area contributed by atoms with Crippen LogP contribution in [-0.4, -0.2) is 27.4 Å². The van der Waals surface area contributed by atoms with Crippen LogP contribution < -0.4 is 11.1 Å². The molecule has 0 aliphatic heterocycles. The molecule has 0 saturated heterocycles. The SMILES string of the molecule is CC(=O)Nc1ccc(-c2nc(SCc3cccc(CCC(=O)OC(C)(C)C)c3)nc(N)c2C#N)cc1. The molecule has 1 amide bonds. The van der Waals surface area contributed by atoms with Crippen molar-refractivity contribution in [2.45, 2.75) is 57.0 Å². The van der Waals surface area contributed by atoms with Crippen LogP contribution in [0.1, 0.15) is 50.8 Å². The topological polar surface area (TPSA) is 131 Å². The van der Waals surface area contributed by atoms with Crippen molar-refractivity contribution >= 4 is 35.1 Å². The van der Waals surface area contributed by atoms with E-state index < -0.39 is 5.60 Å². The standard InChI is InChI=1S/C27H29N5O3S/c1-17(33)30-21-11-9-20(10-12-21)24-22(15-28)25(29)32-26(31-24)36-16-19-7-5-6-18(14-19)8-13-23(34)35-27(2,3)4/h5-7,9-12,14H,8,13,16H2,1-4H3,(H,30,33)(H2,29,31,32). The molecule has 0 unspecified atom stereocenters. The molecule has 0 aliphatic rings.